The Hall–Kier alpha value is -1.14. The van der Waals surface area contributed by atoms with Crippen molar-refractivity contribution < 1.29 is 29.9 Å². The minimum atomic E-state index is -1.23. The first-order chi connectivity index (χ1) is 4.91. The zero-order valence-corrected chi connectivity index (χ0v) is 6.14. The van der Waals surface area contributed by atoms with Gasteiger partial charge in [0.1, 0.15) is 6.10 Å². The molecule has 0 aromatic rings. The molecule has 0 bridgehead atoms. The second-order valence-electron chi connectivity index (χ2n) is 1.60. The summed E-state index contributed by atoms with van der Waals surface area (Å²) < 4.78 is 0. The van der Waals surface area contributed by atoms with E-state index in [4.69, 9.17) is 15.5 Å². The Morgan fingerprint density at radius 3 is 1.64 bits per heavy atom. The Bertz CT molecular complexity index is 129. The molecule has 0 aliphatic carbocycles. The fourth-order valence-electron chi connectivity index (χ4n) is 0. The normalized spacial score (nSPS) is 10.5. The molecule has 1 atom stereocenters. The topological polar surface area (TPSA) is 104 Å². The van der Waals surface area contributed by atoms with Crippen molar-refractivity contribution >= 4 is 11.9 Å². The van der Waals surface area contributed by atoms with E-state index < -0.39 is 18.0 Å². The number of aliphatic hydroxyl groups is 1. The Labute approximate surface area is 63.0 Å². The number of carbonyl (C=O) groups excluding carboxylic acids is 1. The van der Waals surface area contributed by atoms with Crippen LogP contribution in [-0.2, 0) is 14.5 Å². The van der Waals surface area contributed by atoms with E-state index in [1.54, 1.807) is 0 Å². The number of carboxylic acid groups (broad SMARTS) is 1. The Kier molecular flexibility index (Phi) is 7.94. The number of aliphatic carboxylic acids is 1. The highest BCUT2D eigenvalue weighted by Crippen LogP contribution is 1.73. The summed E-state index contributed by atoms with van der Waals surface area (Å²) in [7, 11) is 0. The van der Waals surface area contributed by atoms with E-state index in [0.717, 1.165) is 6.92 Å². The van der Waals surface area contributed by atoms with E-state index >= 15 is 0 Å². The van der Waals surface area contributed by atoms with Crippen LogP contribution in [0.2, 0.25) is 0 Å². The van der Waals surface area contributed by atoms with Gasteiger partial charge in [0.2, 0.25) is 0 Å². The molecule has 0 radical (unpaired) electrons. The van der Waals surface area contributed by atoms with Gasteiger partial charge < -0.3 is 15.1 Å². The predicted molar refractivity (Wildman–Crippen MR) is 33.7 cm³/mol. The van der Waals surface area contributed by atoms with Crippen LogP contribution in [0.25, 0.3) is 0 Å². The van der Waals surface area contributed by atoms with Crippen LogP contribution in [0.4, 0.5) is 0 Å². The lowest BCUT2D eigenvalue weighted by molar-refractivity contribution is -0.231. The van der Waals surface area contributed by atoms with E-state index in [9.17, 15) is 9.59 Å². The highest BCUT2D eigenvalue weighted by Gasteiger charge is 2.01. The van der Waals surface area contributed by atoms with Gasteiger partial charge in [-0.3, -0.25) is 0 Å². The zero-order chi connectivity index (χ0) is 9.44. The molecular weight excluding hydrogens is 156 g/mol. The van der Waals surface area contributed by atoms with E-state index in [-0.39, 0.29) is 0 Å². The molecule has 0 saturated carbocycles. The van der Waals surface area contributed by atoms with Crippen molar-refractivity contribution in [1.82, 2.24) is 0 Å². The van der Waals surface area contributed by atoms with Gasteiger partial charge in [-0.25, -0.2) is 9.59 Å². The van der Waals surface area contributed by atoms with Gasteiger partial charge in [-0.05, 0) is 6.92 Å². The van der Waals surface area contributed by atoms with Gasteiger partial charge in [-0.2, -0.15) is 5.26 Å². The van der Waals surface area contributed by atoms with Gasteiger partial charge >= 0.3 is 11.9 Å². The standard InChI is InChI=1S/C3H6O3.C2H4O3/c1-2(4)3(5)6;1-2(3)5-4/h2,4H,1H3,(H,5,6);4H,1H3. The third kappa shape index (κ3) is 17.7. The quantitative estimate of drug-likeness (QED) is 0.357. The van der Waals surface area contributed by atoms with Crippen molar-refractivity contribution in [1.29, 1.82) is 0 Å². The van der Waals surface area contributed by atoms with Crippen molar-refractivity contribution in [2.45, 2.75) is 20.0 Å². The van der Waals surface area contributed by atoms with Gasteiger partial charge in [0.15, 0.2) is 0 Å². The highest BCUT2D eigenvalue weighted by molar-refractivity contribution is 5.71. The Morgan fingerprint density at radius 1 is 1.45 bits per heavy atom. The minimum absolute atomic E-state index is 0.690. The summed E-state index contributed by atoms with van der Waals surface area (Å²) in [6, 6.07) is 0. The van der Waals surface area contributed by atoms with Crippen LogP contribution in [0.1, 0.15) is 13.8 Å². The lowest BCUT2D eigenvalue weighted by atomic mass is 10.4. The van der Waals surface area contributed by atoms with Crippen molar-refractivity contribution in [3.63, 3.8) is 0 Å². The molecule has 0 aliphatic rings. The molecule has 0 amide bonds. The molecule has 0 aromatic carbocycles. The summed E-state index contributed by atoms with van der Waals surface area (Å²) >= 11 is 0. The van der Waals surface area contributed by atoms with Crippen LogP contribution in [0, 0.1) is 0 Å². The van der Waals surface area contributed by atoms with Crippen molar-refractivity contribution in [2.75, 3.05) is 0 Å². The maximum Gasteiger partial charge on any atom is 0.339 e. The lowest BCUT2D eigenvalue weighted by Gasteiger charge is -1.89. The first-order valence-corrected chi connectivity index (χ1v) is 2.64. The third-order valence-electron chi connectivity index (χ3n) is 0.486. The van der Waals surface area contributed by atoms with E-state index in [1.807, 2.05) is 0 Å². The third-order valence-corrected chi connectivity index (χ3v) is 0.486. The number of carbonyl (C=O) groups is 2. The Morgan fingerprint density at radius 2 is 1.64 bits per heavy atom. The van der Waals surface area contributed by atoms with E-state index in [2.05, 4.69) is 4.89 Å². The molecular formula is C5H10O6. The molecule has 6 heteroatoms. The monoisotopic (exact) mass is 166 g/mol. The van der Waals surface area contributed by atoms with Gasteiger partial charge in [0.05, 0.1) is 0 Å². The van der Waals surface area contributed by atoms with E-state index in [1.165, 1.54) is 6.92 Å². The summed E-state index contributed by atoms with van der Waals surface area (Å²) in [5.41, 5.74) is 0. The number of aliphatic hydroxyl groups excluding tert-OH is 1. The van der Waals surface area contributed by atoms with Gasteiger partial charge in [-0.15, -0.1) is 0 Å². The fraction of sp³-hybridized carbons (Fsp3) is 0.600. The van der Waals surface area contributed by atoms with Crippen LogP contribution in [0.3, 0.4) is 0 Å². The van der Waals surface area contributed by atoms with Crippen LogP contribution in [0.15, 0.2) is 0 Å². The molecule has 0 spiro atoms. The summed E-state index contributed by atoms with van der Waals surface area (Å²) in [6.45, 7) is 2.31. The highest BCUT2D eigenvalue weighted by atomic mass is 17.1. The fourth-order valence-corrected chi connectivity index (χ4v) is 0. The molecule has 0 fully saturated rings. The molecule has 0 aliphatic heterocycles. The average molecular weight is 166 g/mol. The molecule has 66 valence electrons. The molecule has 1 unspecified atom stereocenters. The van der Waals surface area contributed by atoms with Crippen molar-refractivity contribution in [3.8, 4) is 0 Å². The van der Waals surface area contributed by atoms with Crippen molar-refractivity contribution in [3.05, 3.63) is 0 Å². The largest absolute Gasteiger partial charge is 0.479 e. The summed E-state index contributed by atoms with van der Waals surface area (Å²) in [6.07, 6.45) is -1.23. The number of rotatable bonds is 1. The molecule has 3 N–H and O–H groups in total. The first kappa shape index (κ1) is 12.5. The minimum Gasteiger partial charge on any atom is -0.479 e. The number of hydrogen-bond acceptors (Lipinski definition) is 5. The van der Waals surface area contributed by atoms with Gasteiger partial charge in [0, 0.05) is 6.92 Å². The van der Waals surface area contributed by atoms with Gasteiger partial charge in [-0.1, -0.05) is 0 Å². The summed E-state index contributed by atoms with van der Waals surface area (Å²) in [5.74, 6) is -1.87. The van der Waals surface area contributed by atoms with E-state index in [0.29, 0.717) is 0 Å². The SMILES string of the molecule is CC(=O)OO.CC(O)C(=O)O. The second-order valence-corrected chi connectivity index (χ2v) is 1.60. The average Bonchev–Trinajstić information content (AvgIpc) is 1.89. The molecule has 0 saturated heterocycles. The number of hydrogen-bond donors (Lipinski definition) is 3. The Balaban J connectivity index is 0. The molecule has 6 nitrogen and oxygen atoms in total. The number of carboxylic acids is 1. The second kappa shape index (κ2) is 6.97. The predicted octanol–water partition coefficient (Wildman–Crippen LogP) is -0.526. The first-order valence-electron chi connectivity index (χ1n) is 2.64. The van der Waals surface area contributed by atoms with Gasteiger partial charge in [0.25, 0.3) is 0 Å². The molecule has 0 heterocycles. The molecule has 0 rings (SSSR count). The molecule has 0 aromatic heterocycles. The van der Waals surface area contributed by atoms with Crippen molar-refractivity contribution in [2.24, 2.45) is 0 Å². The zero-order valence-electron chi connectivity index (χ0n) is 6.14. The maximum atomic E-state index is 9.45. The van der Waals surface area contributed by atoms with Crippen LogP contribution < -0.4 is 0 Å². The lowest BCUT2D eigenvalue weighted by Crippen LogP contribution is -2.13. The van der Waals surface area contributed by atoms with Crippen LogP contribution in [-0.4, -0.2) is 33.5 Å². The van der Waals surface area contributed by atoms with Crippen LogP contribution in [0.5, 0.6) is 0 Å². The summed E-state index contributed by atoms with van der Waals surface area (Å²) in [5, 5.41) is 23.1. The smallest absolute Gasteiger partial charge is 0.339 e. The maximum absolute atomic E-state index is 9.45. The summed E-state index contributed by atoms with van der Waals surface area (Å²) in [4.78, 5) is 21.9. The molecule has 11 heavy (non-hydrogen) atoms. The van der Waals surface area contributed by atoms with Crippen LogP contribution >= 0.6 is 0 Å².